The molecule has 0 radical (unpaired) electrons. The van der Waals surface area contributed by atoms with E-state index in [4.69, 9.17) is 4.74 Å². The summed E-state index contributed by atoms with van der Waals surface area (Å²) in [6, 6.07) is 3.95. The van der Waals surface area contributed by atoms with Gasteiger partial charge < -0.3 is 14.6 Å². The lowest BCUT2D eigenvalue weighted by Crippen LogP contribution is -2.09. The Morgan fingerprint density at radius 3 is 2.91 bits per heavy atom. The highest BCUT2D eigenvalue weighted by Crippen LogP contribution is 2.20. The molecule has 3 aromatic heterocycles. The van der Waals surface area contributed by atoms with E-state index in [1.807, 2.05) is 41.4 Å². The monoisotopic (exact) mass is 300 g/mol. The second-order valence-electron chi connectivity index (χ2n) is 5.22. The average Bonchev–Trinajstić information content (AvgIpc) is 3.09. The van der Waals surface area contributed by atoms with Crippen LogP contribution < -0.4 is 5.32 Å². The maximum absolute atomic E-state index is 5.07. The van der Waals surface area contributed by atoms with Crippen molar-refractivity contribution in [2.45, 2.75) is 13.3 Å². The van der Waals surface area contributed by atoms with Crippen LogP contribution in [0.1, 0.15) is 12.1 Å². The largest absolute Gasteiger partial charge is 0.385 e. The molecule has 0 atom stereocenters. The highest BCUT2D eigenvalue weighted by atomic mass is 16.5. The molecule has 1 N–H and O–H groups in total. The maximum atomic E-state index is 5.07. The summed E-state index contributed by atoms with van der Waals surface area (Å²) in [5.74, 6) is 1.76. The van der Waals surface area contributed by atoms with Gasteiger partial charge in [-0.25, -0.2) is 9.97 Å². The number of fused-ring (bicyclic) bond motifs is 1. The lowest BCUT2D eigenvalue weighted by molar-refractivity contribution is 0.197. The van der Waals surface area contributed by atoms with Crippen molar-refractivity contribution < 1.29 is 4.74 Å². The summed E-state index contributed by atoms with van der Waals surface area (Å²) in [5, 5.41) is 8.02. The van der Waals surface area contributed by atoms with E-state index in [-0.39, 0.29) is 0 Å². The standard InChI is InChI=1S/C15H20N6O/c1-11-9-13(16-5-4-8-22-3)21-14(18-11)10-12(19-21)15-17-6-7-20(15)2/h6-7,9-10,16H,4-5,8H2,1-3H3. The topological polar surface area (TPSA) is 69.3 Å². The van der Waals surface area contributed by atoms with Gasteiger partial charge in [0.25, 0.3) is 0 Å². The number of methoxy groups -OCH3 is 1. The Balaban J connectivity index is 1.95. The van der Waals surface area contributed by atoms with Crippen LogP contribution in [0.25, 0.3) is 17.2 Å². The summed E-state index contributed by atoms with van der Waals surface area (Å²) in [6.45, 7) is 3.54. The zero-order chi connectivity index (χ0) is 15.5. The first-order valence-electron chi connectivity index (χ1n) is 7.27. The molecule has 0 aliphatic carbocycles. The van der Waals surface area contributed by atoms with E-state index in [9.17, 15) is 0 Å². The summed E-state index contributed by atoms with van der Waals surface area (Å²) in [4.78, 5) is 8.88. The number of hydrogen-bond donors (Lipinski definition) is 1. The van der Waals surface area contributed by atoms with Crippen molar-refractivity contribution in [3.63, 3.8) is 0 Å². The van der Waals surface area contributed by atoms with E-state index in [1.54, 1.807) is 13.3 Å². The molecule has 3 aromatic rings. The van der Waals surface area contributed by atoms with Gasteiger partial charge in [-0.3, -0.25) is 0 Å². The Morgan fingerprint density at radius 2 is 2.18 bits per heavy atom. The number of nitrogens with zero attached hydrogens (tertiary/aromatic N) is 5. The molecular formula is C15H20N6O. The van der Waals surface area contributed by atoms with Crippen molar-refractivity contribution in [2.24, 2.45) is 7.05 Å². The van der Waals surface area contributed by atoms with Gasteiger partial charge in [-0.05, 0) is 13.3 Å². The van der Waals surface area contributed by atoms with E-state index in [0.717, 1.165) is 48.2 Å². The van der Waals surface area contributed by atoms with Gasteiger partial charge in [-0.1, -0.05) is 0 Å². The van der Waals surface area contributed by atoms with E-state index < -0.39 is 0 Å². The van der Waals surface area contributed by atoms with Gasteiger partial charge in [0.1, 0.15) is 11.5 Å². The summed E-state index contributed by atoms with van der Waals surface area (Å²) in [5.41, 5.74) is 2.57. The first kappa shape index (κ1) is 14.5. The molecule has 7 nitrogen and oxygen atoms in total. The summed E-state index contributed by atoms with van der Waals surface area (Å²) in [7, 11) is 3.66. The number of hydrogen-bond acceptors (Lipinski definition) is 5. The minimum absolute atomic E-state index is 0.734. The molecule has 0 unspecified atom stereocenters. The molecule has 0 amide bonds. The van der Waals surface area contributed by atoms with Gasteiger partial charge in [-0.15, -0.1) is 0 Å². The highest BCUT2D eigenvalue weighted by Gasteiger charge is 2.12. The fraction of sp³-hybridized carbons (Fsp3) is 0.400. The summed E-state index contributed by atoms with van der Waals surface area (Å²) >= 11 is 0. The Morgan fingerprint density at radius 1 is 1.32 bits per heavy atom. The number of nitrogens with one attached hydrogen (secondary N) is 1. The number of ether oxygens (including phenoxy) is 1. The molecule has 116 valence electrons. The molecule has 0 aromatic carbocycles. The van der Waals surface area contributed by atoms with Gasteiger partial charge in [0, 0.05) is 57.5 Å². The van der Waals surface area contributed by atoms with Crippen molar-refractivity contribution in [3.8, 4) is 11.5 Å². The van der Waals surface area contributed by atoms with E-state index >= 15 is 0 Å². The molecule has 0 aliphatic rings. The first-order valence-corrected chi connectivity index (χ1v) is 7.27. The zero-order valence-electron chi connectivity index (χ0n) is 13.1. The Kier molecular flexibility index (Phi) is 4.06. The first-order chi connectivity index (χ1) is 10.7. The van der Waals surface area contributed by atoms with Crippen LogP contribution in [0.3, 0.4) is 0 Å². The van der Waals surface area contributed by atoms with Crippen LogP contribution in [-0.2, 0) is 11.8 Å². The predicted octanol–water partition coefficient (Wildman–Crippen LogP) is 1.89. The van der Waals surface area contributed by atoms with Gasteiger partial charge in [0.05, 0.1) is 0 Å². The summed E-state index contributed by atoms with van der Waals surface area (Å²) in [6.07, 6.45) is 4.61. The normalized spacial score (nSPS) is 11.2. The lowest BCUT2D eigenvalue weighted by atomic mass is 10.3. The van der Waals surface area contributed by atoms with Gasteiger partial charge in [0.2, 0.25) is 0 Å². The number of rotatable bonds is 6. The molecule has 22 heavy (non-hydrogen) atoms. The van der Waals surface area contributed by atoms with Gasteiger partial charge in [-0.2, -0.15) is 9.61 Å². The van der Waals surface area contributed by atoms with Gasteiger partial charge in [0.15, 0.2) is 11.5 Å². The van der Waals surface area contributed by atoms with Crippen LogP contribution in [0.2, 0.25) is 0 Å². The van der Waals surface area contributed by atoms with Crippen LogP contribution in [0.4, 0.5) is 5.82 Å². The lowest BCUT2D eigenvalue weighted by Gasteiger charge is -2.08. The van der Waals surface area contributed by atoms with Crippen LogP contribution in [-0.4, -0.2) is 44.4 Å². The minimum Gasteiger partial charge on any atom is -0.385 e. The fourth-order valence-electron chi connectivity index (χ4n) is 2.38. The predicted molar refractivity (Wildman–Crippen MR) is 84.9 cm³/mol. The molecule has 3 heterocycles. The maximum Gasteiger partial charge on any atom is 0.160 e. The summed E-state index contributed by atoms with van der Waals surface area (Å²) < 4.78 is 8.84. The van der Waals surface area contributed by atoms with Crippen molar-refractivity contribution >= 4 is 11.5 Å². The van der Waals surface area contributed by atoms with Crippen molar-refractivity contribution in [2.75, 3.05) is 25.6 Å². The Labute approximate surface area is 129 Å². The second-order valence-corrected chi connectivity index (χ2v) is 5.22. The van der Waals surface area contributed by atoms with E-state index in [0.29, 0.717) is 0 Å². The number of aryl methyl sites for hydroxylation is 2. The molecular weight excluding hydrogens is 280 g/mol. The SMILES string of the molecule is COCCCNc1cc(C)nc2cc(-c3nccn3C)nn12. The van der Waals surface area contributed by atoms with E-state index in [1.165, 1.54) is 0 Å². The molecule has 0 bridgehead atoms. The number of aromatic nitrogens is 5. The average molecular weight is 300 g/mol. The molecule has 0 saturated carbocycles. The van der Waals surface area contributed by atoms with Crippen LogP contribution in [0, 0.1) is 6.92 Å². The molecule has 3 rings (SSSR count). The third kappa shape index (κ3) is 2.80. The molecule has 0 saturated heterocycles. The smallest absolute Gasteiger partial charge is 0.160 e. The van der Waals surface area contributed by atoms with Crippen LogP contribution >= 0.6 is 0 Å². The van der Waals surface area contributed by atoms with Crippen molar-refractivity contribution in [3.05, 3.63) is 30.2 Å². The van der Waals surface area contributed by atoms with Crippen LogP contribution in [0.5, 0.6) is 0 Å². The van der Waals surface area contributed by atoms with Crippen molar-refractivity contribution in [1.29, 1.82) is 0 Å². The third-order valence-electron chi connectivity index (χ3n) is 3.44. The number of imidazole rings is 1. The minimum atomic E-state index is 0.734. The van der Waals surface area contributed by atoms with Crippen molar-refractivity contribution in [1.82, 2.24) is 24.1 Å². The molecule has 0 fully saturated rings. The Bertz CT molecular complexity index is 776. The number of anilines is 1. The molecule has 7 heteroatoms. The quantitative estimate of drug-likeness (QED) is 0.704. The Hall–Kier alpha value is -2.41. The highest BCUT2D eigenvalue weighted by molar-refractivity contribution is 5.61. The van der Waals surface area contributed by atoms with Gasteiger partial charge >= 0.3 is 0 Å². The molecule has 0 aliphatic heterocycles. The zero-order valence-corrected chi connectivity index (χ0v) is 13.1. The third-order valence-corrected chi connectivity index (χ3v) is 3.44. The van der Waals surface area contributed by atoms with Crippen LogP contribution in [0.15, 0.2) is 24.5 Å². The fourth-order valence-corrected chi connectivity index (χ4v) is 2.38. The second kappa shape index (κ2) is 6.15. The molecule has 0 spiro atoms. The van der Waals surface area contributed by atoms with E-state index in [2.05, 4.69) is 20.4 Å².